The smallest absolute Gasteiger partial charge is 0.280 e. The van der Waals surface area contributed by atoms with Crippen LogP contribution in [-0.2, 0) is 6.42 Å². The highest BCUT2D eigenvalue weighted by molar-refractivity contribution is 9.10. The topological polar surface area (TPSA) is 57.8 Å². The minimum Gasteiger partial charge on any atom is -0.382 e. The number of H-pyrrole nitrogens is 1. The van der Waals surface area contributed by atoms with E-state index < -0.39 is 0 Å². The maximum atomic E-state index is 11.3. The van der Waals surface area contributed by atoms with Crippen molar-refractivity contribution in [2.75, 3.05) is 11.9 Å². The van der Waals surface area contributed by atoms with E-state index in [4.69, 9.17) is 0 Å². The fourth-order valence-electron chi connectivity index (χ4n) is 1.49. The van der Waals surface area contributed by atoms with Gasteiger partial charge in [-0.2, -0.15) is 5.10 Å². The van der Waals surface area contributed by atoms with Crippen molar-refractivity contribution in [3.63, 3.8) is 0 Å². The molecule has 1 aromatic carbocycles. The van der Waals surface area contributed by atoms with Crippen LogP contribution in [0, 0.1) is 0 Å². The first-order valence-corrected chi connectivity index (χ1v) is 6.07. The van der Waals surface area contributed by atoms with Crippen LogP contribution in [0.2, 0.25) is 0 Å². The lowest BCUT2D eigenvalue weighted by atomic mass is 10.1. The van der Waals surface area contributed by atoms with Crippen LogP contribution in [0.25, 0.3) is 0 Å². The standard InChI is InChI=1S/C12H12BrN3O/c13-11-10(8-15-16-12(11)17)14-7-6-9-4-2-1-3-5-9/h1-5,8H,6-7H2,(H2,14,16,17). The number of anilines is 1. The van der Waals surface area contributed by atoms with Gasteiger partial charge in [-0.25, -0.2) is 5.10 Å². The molecule has 0 spiro atoms. The molecule has 0 aliphatic rings. The Kier molecular flexibility index (Phi) is 3.93. The fraction of sp³-hybridized carbons (Fsp3) is 0.167. The number of hydrogen-bond acceptors (Lipinski definition) is 3. The van der Waals surface area contributed by atoms with E-state index in [1.54, 1.807) is 6.20 Å². The highest BCUT2D eigenvalue weighted by atomic mass is 79.9. The second-order valence-corrected chi connectivity index (χ2v) is 4.38. The zero-order chi connectivity index (χ0) is 12.1. The quantitative estimate of drug-likeness (QED) is 0.908. The molecule has 0 atom stereocenters. The van der Waals surface area contributed by atoms with Gasteiger partial charge in [0.05, 0.1) is 11.9 Å². The highest BCUT2D eigenvalue weighted by Crippen LogP contribution is 2.15. The van der Waals surface area contributed by atoms with Crippen molar-refractivity contribution >= 4 is 21.6 Å². The number of benzene rings is 1. The van der Waals surface area contributed by atoms with Gasteiger partial charge in [-0.3, -0.25) is 4.79 Å². The molecule has 1 heterocycles. The van der Waals surface area contributed by atoms with Crippen molar-refractivity contribution in [3.05, 3.63) is 56.9 Å². The Morgan fingerprint density at radius 3 is 2.82 bits per heavy atom. The Labute approximate surface area is 107 Å². The molecule has 2 rings (SSSR count). The van der Waals surface area contributed by atoms with Gasteiger partial charge in [0.25, 0.3) is 5.56 Å². The van der Waals surface area contributed by atoms with Gasteiger partial charge in [0.2, 0.25) is 0 Å². The third kappa shape index (κ3) is 3.17. The first-order chi connectivity index (χ1) is 8.27. The Bertz CT molecular complexity index is 539. The summed E-state index contributed by atoms with van der Waals surface area (Å²) in [5.41, 5.74) is 1.74. The number of aromatic nitrogens is 2. The Hall–Kier alpha value is -1.62. The van der Waals surface area contributed by atoms with E-state index in [1.165, 1.54) is 5.56 Å². The molecule has 0 fully saturated rings. The third-order valence-electron chi connectivity index (χ3n) is 2.37. The summed E-state index contributed by atoms with van der Waals surface area (Å²) in [6.07, 6.45) is 2.50. The van der Waals surface area contributed by atoms with Gasteiger partial charge in [-0.15, -0.1) is 0 Å². The van der Waals surface area contributed by atoms with Crippen molar-refractivity contribution in [2.24, 2.45) is 0 Å². The molecule has 5 heteroatoms. The van der Waals surface area contributed by atoms with E-state index in [2.05, 4.69) is 43.6 Å². The molecule has 0 saturated heterocycles. The lowest BCUT2D eigenvalue weighted by Gasteiger charge is -2.06. The summed E-state index contributed by atoms with van der Waals surface area (Å²) in [5.74, 6) is 0. The Morgan fingerprint density at radius 2 is 2.06 bits per heavy atom. The molecule has 88 valence electrons. The molecule has 0 bridgehead atoms. The summed E-state index contributed by atoms with van der Waals surface area (Å²) in [6.45, 7) is 0.758. The van der Waals surface area contributed by atoms with Gasteiger partial charge in [0, 0.05) is 6.54 Å². The van der Waals surface area contributed by atoms with Crippen LogP contribution in [0.3, 0.4) is 0 Å². The summed E-state index contributed by atoms with van der Waals surface area (Å²) < 4.78 is 0.487. The van der Waals surface area contributed by atoms with Crippen LogP contribution >= 0.6 is 15.9 Å². The molecule has 4 nitrogen and oxygen atoms in total. The van der Waals surface area contributed by atoms with Gasteiger partial charge in [0.15, 0.2) is 0 Å². The van der Waals surface area contributed by atoms with Gasteiger partial charge in [-0.05, 0) is 27.9 Å². The minimum absolute atomic E-state index is 0.227. The highest BCUT2D eigenvalue weighted by Gasteiger charge is 2.03. The van der Waals surface area contributed by atoms with Crippen LogP contribution in [0.1, 0.15) is 5.56 Å². The minimum atomic E-state index is -0.227. The molecule has 0 amide bonds. The number of rotatable bonds is 4. The van der Waals surface area contributed by atoms with Crippen LogP contribution in [0.4, 0.5) is 5.69 Å². The summed E-state index contributed by atoms with van der Waals surface area (Å²) in [4.78, 5) is 11.3. The lowest BCUT2D eigenvalue weighted by molar-refractivity contribution is 0.960. The second-order valence-electron chi connectivity index (χ2n) is 3.59. The van der Waals surface area contributed by atoms with Crippen LogP contribution in [0.5, 0.6) is 0 Å². The second kappa shape index (κ2) is 5.63. The van der Waals surface area contributed by atoms with Crippen molar-refractivity contribution in [1.82, 2.24) is 10.2 Å². The van der Waals surface area contributed by atoms with E-state index in [9.17, 15) is 4.79 Å². The van der Waals surface area contributed by atoms with E-state index in [0.29, 0.717) is 10.2 Å². The molecule has 0 saturated carbocycles. The molecule has 2 aromatic rings. The fourth-order valence-corrected chi connectivity index (χ4v) is 1.82. The number of nitrogens with one attached hydrogen (secondary N) is 2. The first kappa shape index (κ1) is 11.9. The third-order valence-corrected chi connectivity index (χ3v) is 3.15. The van der Waals surface area contributed by atoms with Crippen molar-refractivity contribution in [1.29, 1.82) is 0 Å². The zero-order valence-corrected chi connectivity index (χ0v) is 10.7. The number of nitrogens with zero attached hydrogens (tertiary/aromatic N) is 1. The Morgan fingerprint density at radius 1 is 1.29 bits per heavy atom. The molecule has 0 aliphatic heterocycles. The van der Waals surface area contributed by atoms with Crippen LogP contribution in [-0.4, -0.2) is 16.7 Å². The number of aromatic amines is 1. The average molecular weight is 294 g/mol. The van der Waals surface area contributed by atoms with E-state index in [-0.39, 0.29) is 5.56 Å². The molecule has 0 radical (unpaired) electrons. The maximum Gasteiger partial charge on any atom is 0.280 e. The molecule has 0 aliphatic carbocycles. The molecule has 0 unspecified atom stereocenters. The Balaban J connectivity index is 1.95. The predicted octanol–water partition coefficient (Wildman–Crippen LogP) is 2.19. The van der Waals surface area contributed by atoms with Gasteiger partial charge < -0.3 is 5.32 Å². The van der Waals surface area contributed by atoms with Crippen LogP contribution in [0.15, 0.2) is 45.8 Å². The molecular weight excluding hydrogens is 282 g/mol. The van der Waals surface area contributed by atoms with Crippen LogP contribution < -0.4 is 10.9 Å². The largest absolute Gasteiger partial charge is 0.382 e. The molecule has 17 heavy (non-hydrogen) atoms. The molecule has 1 aromatic heterocycles. The van der Waals surface area contributed by atoms with Gasteiger partial charge >= 0.3 is 0 Å². The maximum absolute atomic E-state index is 11.3. The average Bonchev–Trinajstić information content (AvgIpc) is 2.36. The van der Waals surface area contributed by atoms with E-state index in [0.717, 1.165) is 13.0 Å². The summed E-state index contributed by atoms with van der Waals surface area (Å²) in [5, 5.41) is 9.27. The number of hydrogen-bond donors (Lipinski definition) is 2. The summed E-state index contributed by atoms with van der Waals surface area (Å²) in [7, 11) is 0. The SMILES string of the molecule is O=c1[nH]ncc(NCCc2ccccc2)c1Br. The summed E-state index contributed by atoms with van der Waals surface area (Å²) in [6, 6.07) is 10.2. The van der Waals surface area contributed by atoms with E-state index >= 15 is 0 Å². The lowest BCUT2D eigenvalue weighted by Crippen LogP contribution is -2.13. The number of halogens is 1. The molecular formula is C12H12BrN3O. The van der Waals surface area contributed by atoms with E-state index in [1.807, 2.05) is 18.2 Å². The van der Waals surface area contributed by atoms with Crippen molar-refractivity contribution in [3.8, 4) is 0 Å². The first-order valence-electron chi connectivity index (χ1n) is 5.28. The van der Waals surface area contributed by atoms with Gasteiger partial charge in [0.1, 0.15) is 4.47 Å². The zero-order valence-electron chi connectivity index (χ0n) is 9.11. The predicted molar refractivity (Wildman–Crippen MR) is 71.2 cm³/mol. The van der Waals surface area contributed by atoms with Crippen molar-refractivity contribution in [2.45, 2.75) is 6.42 Å². The summed E-state index contributed by atoms with van der Waals surface area (Å²) >= 11 is 3.22. The molecule has 2 N–H and O–H groups in total. The van der Waals surface area contributed by atoms with Crippen molar-refractivity contribution < 1.29 is 0 Å². The normalized spacial score (nSPS) is 10.2. The monoisotopic (exact) mass is 293 g/mol. The van der Waals surface area contributed by atoms with Gasteiger partial charge in [-0.1, -0.05) is 30.3 Å².